The molecule has 0 spiro atoms. The first-order valence-electron chi connectivity index (χ1n) is 11.0. The van der Waals surface area contributed by atoms with Gasteiger partial charge in [0.25, 0.3) is 0 Å². The molecule has 0 N–H and O–H groups in total. The van der Waals surface area contributed by atoms with Crippen molar-refractivity contribution in [3.63, 3.8) is 0 Å². The average Bonchev–Trinajstić information content (AvgIpc) is 2.78. The second-order valence-electron chi connectivity index (χ2n) is 8.01. The van der Waals surface area contributed by atoms with E-state index in [4.69, 9.17) is 28.4 Å². The highest BCUT2D eigenvalue weighted by Crippen LogP contribution is 2.41. The summed E-state index contributed by atoms with van der Waals surface area (Å²) in [6.45, 7) is 3.53. The maximum absolute atomic E-state index is 13.0. The second kappa shape index (κ2) is 12.5. The molecule has 0 aromatic heterocycles. The Bertz CT molecular complexity index is 1200. The summed E-state index contributed by atoms with van der Waals surface area (Å²) in [5.41, 5.74) is -5.91. The second-order valence-corrected chi connectivity index (χ2v) is 9.55. The molecule has 2 rings (SSSR count). The monoisotopic (exact) mass is 586 g/mol. The molecule has 1 aliphatic heterocycles. The van der Waals surface area contributed by atoms with Gasteiger partial charge >= 0.3 is 39.5 Å². The van der Waals surface area contributed by atoms with Crippen molar-refractivity contribution in [3.05, 3.63) is 23.8 Å². The van der Waals surface area contributed by atoms with E-state index in [1.165, 1.54) is 6.07 Å². The lowest BCUT2D eigenvalue weighted by Crippen LogP contribution is -2.59. The van der Waals surface area contributed by atoms with Gasteiger partial charge in [-0.2, -0.15) is 21.6 Å². The molecule has 0 saturated carbocycles. The van der Waals surface area contributed by atoms with E-state index in [1.807, 2.05) is 0 Å². The van der Waals surface area contributed by atoms with E-state index in [0.717, 1.165) is 46.9 Å². The molecule has 13 nitrogen and oxygen atoms in total. The molecule has 17 heteroatoms. The lowest BCUT2D eigenvalue weighted by molar-refractivity contribution is -0.254. The number of hydrogen-bond donors (Lipinski definition) is 0. The average molecular weight is 586 g/mol. The topological polar surface area (TPSA) is 167 Å². The maximum atomic E-state index is 13.0. The number of ether oxygens (including phenoxy) is 6. The van der Waals surface area contributed by atoms with Crippen molar-refractivity contribution < 1.29 is 73.4 Å². The van der Waals surface area contributed by atoms with Gasteiger partial charge < -0.3 is 32.6 Å². The number of hydrogen-bond acceptors (Lipinski definition) is 13. The van der Waals surface area contributed by atoms with Gasteiger partial charge in [-0.15, -0.1) is 0 Å². The quantitative estimate of drug-likeness (QED) is 0.178. The van der Waals surface area contributed by atoms with E-state index in [0.29, 0.717) is 0 Å². The Morgan fingerprint density at radius 3 is 1.87 bits per heavy atom. The Kier molecular flexibility index (Phi) is 10.1. The molecule has 218 valence electrons. The Morgan fingerprint density at radius 1 is 0.846 bits per heavy atom. The van der Waals surface area contributed by atoms with Crippen molar-refractivity contribution >= 4 is 34.0 Å². The van der Waals surface area contributed by atoms with Gasteiger partial charge in [0.15, 0.2) is 29.8 Å². The van der Waals surface area contributed by atoms with E-state index in [9.17, 15) is 40.8 Å². The van der Waals surface area contributed by atoms with Crippen LogP contribution in [0.3, 0.4) is 0 Å². The van der Waals surface area contributed by atoms with Crippen LogP contribution in [0.5, 0.6) is 11.5 Å². The van der Waals surface area contributed by atoms with Gasteiger partial charge in [-0.25, -0.2) is 0 Å². The first kappa shape index (κ1) is 31.6. The molecule has 1 aromatic rings. The maximum Gasteiger partial charge on any atom is 0.534 e. The molecule has 0 radical (unpaired) electrons. The summed E-state index contributed by atoms with van der Waals surface area (Å²) < 4.78 is 98.0. The van der Waals surface area contributed by atoms with Crippen LogP contribution in [0.15, 0.2) is 18.2 Å². The smallest absolute Gasteiger partial charge is 0.493 e. The van der Waals surface area contributed by atoms with E-state index in [2.05, 4.69) is 4.18 Å². The van der Waals surface area contributed by atoms with Crippen molar-refractivity contribution in [3.8, 4) is 11.5 Å². The SMILES string of the molecule is COc1ccc(C2O[C@H](COC(C)=O)[C@@H](OC(C)=O)[C@H](OC(C)=O)[C@@H]2OC(C)=O)cc1OS(=O)(=O)C(F)(F)F. The molecule has 0 amide bonds. The van der Waals surface area contributed by atoms with Crippen LogP contribution in [0.2, 0.25) is 0 Å². The fourth-order valence-corrected chi connectivity index (χ4v) is 4.06. The van der Waals surface area contributed by atoms with Gasteiger partial charge in [0.1, 0.15) is 18.8 Å². The zero-order chi connectivity index (χ0) is 29.7. The van der Waals surface area contributed by atoms with Crippen LogP contribution in [0, 0.1) is 0 Å². The summed E-state index contributed by atoms with van der Waals surface area (Å²) in [6.07, 6.45) is -7.51. The normalized spacial score (nSPS) is 23.2. The molecule has 5 atom stereocenters. The van der Waals surface area contributed by atoms with Crippen molar-refractivity contribution in [1.29, 1.82) is 0 Å². The Hall–Kier alpha value is -3.60. The van der Waals surface area contributed by atoms with Crippen molar-refractivity contribution in [2.24, 2.45) is 0 Å². The Morgan fingerprint density at radius 2 is 1.38 bits per heavy atom. The van der Waals surface area contributed by atoms with E-state index in [-0.39, 0.29) is 5.56 Å². The highest BCUT2D eigenvalue weighted by molar-refractivity contribution is 7.88. The van der Waals surface area contributed by atoms with Crippen LogP contribution in [-0.2, 0) is 53.0 Å². The van der Waals surface area contributed by atoms with Crippen LogP contribution >= 0.6 is 0 Å². The number of carbonyl (C=O) groups excluding carboxylic acids is 4. The lowest BCUT2D eigenvalue weighted by Gasteiger charge is -2.44. The largest absolute Gasteiger partial charge is 0.534 e. The molecular weight excluding hydrogens is 561 g/mol. The number of methoxy groups -OCH3 is 1. The summed E-state index contributed by atoms with van der Waals surface area (Å²) in [6, 6.07) is 3.07. The Balaban J connectivity index is 2.69. The van der Waals surface area contributed by atoms with Crippen molar-refractivity contribution in [2.75, 3.05) is 13.7 Å². The highest BCUT2D eigenvalue weighted by Gasteiger charge is 2.53. The van der Waals surface area contributed by atoms with Crippen LogP contribution < -0.4 is 8.92 Å². The summed E-state index contributed by atoms with van der Waals surface area (Å²) in [7, 11) is -5.09. The minimum absolute atomic E-state index is 0.138. The molecule has 39 heavy (non-hydrogen) atoms. The van der Waals surface area contributed by atoms with E-state index >= 15 is 0 Å². The first-order valence-corrected chi connectivity index (χ1v) is 12.4. The number of esters is 4. The fraction of sp³-hybridized carbons (Fsp3) is 0.545. The minimum Gasteiger partial charge on any atom is -0.493 e. The van der Waals surface area contributed by atoms with Gasteiger partial charge in [0.2, 0.25) is 0 Å². The molecule has 1 fully saturated rings. The van der Waals surface area contributed by atoms with Gasteiger partial charge in [0, 0.05) is 27.7 Å². The summed E-state index contributed by atoms with van der Waals surface area (Å²) in [4.78, 5) is 47.2. The van der Waals surface area contributed by atoms with Crippen LogP contribution in [0.1, 0.15) is 39.4 Å². The fourth-order valence-electron chi connectivity index (χ4n) is 3.60. The van der Waals surface area contributed by atoms with Crippen molar-refractivity contribution in [1.82, 2.24) is 0 Å². The molecule has 1 unspecified atom stereocenters. The zero-order valence-electron chi connectivity index (χ0n) is 21.2. The number of halogens is 3. The predicted molar refractivity (Wildman–Crippen MR) is 120 cm³/mol. The van der Waals surface area contributed by atoms with Crippen LogP contribution in [-0.4, -0.2) is 75.9 Å². The summed E-state index contributed by atoms with van der Waals surface area (Å²) >= 11 is 0. The first-order chi connectivity index (χ1) is 18.0. The molecular formula is C22H25F3O13S. The predicted octanol–water partition coefficient (Wildman–Crippen LogP) is 1.72. The number of benzene rings is 1. The summed E-state index contributed by atoms with van der Waals surface area (Å²) in [5.74, 6) is -4.78. The van der Waals surface area contributed by atoms with Crippen molar-refractivity contribution in [2.45, 2.75) is 63.7 Å². The third-order valence-electron chi connectivity index (χ3n) is 4.99. The molecule has 1 saturated heterocycles. The van der Waals surface area contributed by atoms with Gasteiger partial charge in [-0.3, -0.25) is 19.2 Å². The van der Waals surface area contributed by atoms with Gasteiger partial charge in [0.05, 0.1) is 7.11 Å². The third-order valence-corrected chi connectivity index (χ3v) is 5.96. The third kappa shape index (κ3) is 8.19. The van der Waals surface area contributed by atoms with E-state index < -0.39 is 88.1 Å². The van der Waals surface area contributed by atoms with Crippen LogP contribution in [0.4, 0.5) is 13.2 Å². The summed E-state index contributed by atoms with van der Waals surface area (Å²) in [5, 5.41) is 0. The van der Waals surface area contributed by atoms with Gasteiger partial charge in [-0.1, -0.05) is 6.07 Å². The minimum atomic E-state index is -6.13. The Labute approximate surface area is 220 Å². The van der Waals surface area contributed by atoms with Crippen LogP contribution in [0.25, 0.3) is 0 Å². The highest BCUT2D eigenvalue weighted by atomic mass is 32.2. The molecule has 0 bridgehead atoms. The molecule has 1 aromatic carbocycles. The lowest BCUT2D eigenvalue weighted by atomic mass is 9.90. The standard InChI is InChI=1S/C22H25F3O13S/c1-10(26)33-9-17-19(34-11(2)27)21(36-13(4)29)20(35-12(3)28)18(37-17)14-6-7-15(32-5)16(8-14)38-39(30,31)22(23,24)25/h6-8,17-21H,9H2,1-5H3/t17-,18?,19-,20-,21+/m1/s1. The molecule has 1 heterocycles. The van der Waals surface area contributed by atoms with E-state index in [1.54, 1.807) is 0 Å². The number of carbonyl (C=O) groups is 4. The van der Waals surface area contributed by atoms with Gasteiger partial charge in [-0.05, 0) is 17.7 Å². The number of alkyl halides is 3. The molecule has 0 aliphatic carbocycles. The molecule has 1 aliphatic rings. The zero-order valence-corrected chi connectivity index (χ0v) is 22.0. The number of rotatable bonds is 9.